The minimum Gasteiger partial charge on any atom is -0.485 e. The Kier molecular flexibility index (Phi) is 3.53. The maximum Gasteiger partial charge on any atom is 0.358 e. The number of carbonyl (C=O) groups is 1. The summed E-state index contributed by atoms with van der Waals surface area (Å²) in [5.74, 6) is -0.348. The predicted molar refractivity (Wildman–Crippen MR) is 64.0 cm³/mol. The van der Waals surface area contributed by atoms with Crippen molar-refractivity contribution in [2.75, 3.05) is 0 Å². The van der Waals surface area contributed by atoms with Gasteiger partial charge in [-0.05, 0) is 30.7 Å². The van der Waals surface area contributed by atoms with Gasteiger partial charge in [0.15, 0.2) is 17.8 Å². The molecule has 0 bridgehead atoms. The van der Waals surface area contributed by atoms with Crippen LogP contribution in [0.15, 0.2) is 29.0 Å². The molecule has 2 aromatic rings. The SMILES string of the molecule is Cc1cc(Cl)ccc1OCc1ocnc1C(=O)O. The van der Waals surface area contributed by atoms with E-state index < -0.39 is 5.97 Å². The van der Waals surface area contributed by atoms with Crippen molar-refractivity contribution in [3.63, 3.8) is 0 Å². The van der Waals surface area contributed by atoms with Gasteiger partial charge in [0.2, 0.25) is 0 Å². The van der Waals surface area contributed by atoms with Crippen LogP contribution in [-0.2, 0) is 6.61 Å². The van der Waals surface area contributed by atoms with Crippen molar-refractivity contribution in [2.24, 2.45) is 0 Å². The summed E-state index contributed by atoms with van der Waals surface area (Å²) in [6, 6.07) is 5.17. The Bertz CT molecular complexity index is 579. The summed E-state index contributed by atoms with van der Waals surface area (Å²) in [5, 5.41) is 9.46. The molecule has 94 valence electrons. The molecule has 0 aliphatic heterocycles. The molecule has 1 aromatic heterocycles. The molecule has 1 heterocycles. The van der Waals surface area contributed by atoms with Crippen molar-refractivity contribution in [1.29, 1.82) is 0 Å². The minimum atomic E-state index is -1.14. The van der Waals surface area contributed by atoms with Crippen molar-refractivity contribution >= 4 is 17.6 Å². The summed E-state index contributed by atoms with van der Waals surface area (Å²) in [6.07, 6.45) is 1.08. The predicted octanol–water partition coefficient (Wildman–Crippen LogP) is 2.91. The van der Waals surface area contributed by atoms with Gasteiger partial charge in [-0.2, -0.15) is 0 Å². The Morgan fingerprint density at radius 3 is 3.00 bits per heavy atom. The van der Waals surface area contributed by atoms with Crippen LogP contribution >= 0.6 is 11.6 Å². The van der Waals surface area contributed by atoms with Crippen molar-refractivity contribution in [3.8, 4) is 5.75 Å². The molecule has 6 heteroatoms. The second kappa shape index (κ2) is 5.10. The molecular weight excluding hydrogens is 258 g/mol. The quantitative estimate of drug-likeness (QED) is 0.922. The third-order valence-corrected chi connectivity index (χ3v) is 2.57. The normalized spacial score (nSPS) is 10.3. The third-order valence-electron chi connectivity index (χ3n) is 2.34. The fourth-order valence-corrected chi connectivity index (χ4v) is 1.69. The molecule has 0 aliphatic carbocycles. The van der Waals surface area contributed by atoms with Crippen LogP contribution in [0.25, 0.3) is 0 Å². The van der Waals surface area contributed by atoms with Gasteiger partial charge in [-0.15, -0.1) is 0 Å². The van der Waals surface area contributed by atoms with Crippen LogP contribution in [-0.4, -0.2) is 16.1 Å². The van der Waals surface area contributed by atoms with E-state index in [4.69, 9.17) is 25.9 Å². The van der Waals surface area contributed by atoms with Crippen LogP contribution in [0.1, 0.15) is 21.8 Å². The molecule has 5 nitrogen and oxygen atoms in total. The molecular formula is C12H10ClNO4. The number of rotatable bonds is 4. The first kappa shape index (κ1) is 12.4. The van der Waals surface area contributed by atoms with Crippen molar-refractivity contribution in [1.82, 2.24) is 4.98 Å². The number of nitrogens with zero attached hydrogens (tertiary/aromatic N) is 1. The number of benzene rings is 1. The van der Waals surface area contributed by atoms with Gasteiger partial charge in [0, 0.05) is 5.02 Å². The van der Waals surface area contributed by atoms with E-state index in [-0.39, 0.29) is 18.1 Å². The molecule has 0 unspecified atom stereocenters. The molecule has 0 saturated carbocycles. The zero-order valence-corrected chi connectivity index (χ0v) is 10.3. The number of aromatic carboxylic acids is 1. The number of hydrogen-bond acceptors (Lipinski definition) is 4. The number of ether oxygens (including phenoxy) is 1. The molecule has 1 aromatic carbocycles. The Labute approximate surface area is 108 Å². The van der Waals surface area contributed by atoms with E-state index in [0.29, 0.717) is 10.8 Å². The van der Waals surface area contributed by atoms with Gasteiger partial charge in [0.25, 0.3) is 0 Å². The fraction of sp³-hybridized carbons (Fsp3) is 0.167. The van der Waals surface area contributed by atoms with Gasteiger partial charge in [0.1, 0.15) is 12.4 Å². The highest BCUT2D eigenvalue weighted by Crippen LogP contribution is 2.23. The minimum absolute atomic E-state index is 0.00407. The van der Waals surface area contributed by atoms with E-state index >= 15 is 0 Å². The monoisotopic (exact) mass is 267 g/mol. The second-order valence-corrected chi connectivity index (χ2v) is 4.06. The average molecular weight is 268 g/mol. The largest absolute Gasteiger partial charge is 0.485 e. The van der Waals surface area contributed by atoms with E-state index in [1.165, 1.54) is 0 Å². The highest BCUT2D eigenvalue weighted by atomic mass is 35.5. The summed E-state index contributed by atoms with van der Waals surface area (Å²) >= 11 is 5.82. The number of carboxylic acids is 1. The zero-order chi connectivity index (χ0) is 13.1. The number of halogens is 1. The molecule has 0 saturated heterocycles. The third kappa shape index (κ3) is 2.62. The molecule has 0 atom stereocenters. The second-order valence-electron chi connectivity index (χ2n) is 3.63. The summed E-state index contributed by atoms with van der Waals surface area (Å²) in [4.78, 5) is 14.4. The lowest BCUT2D eigenvalue weighted by Crippen LogP contribution is -2.04. The van der Waals surface area contributed by atoms with E-state index in [1.54, 1.807) is 18.2 Å². The molecule has 18 heavy (non-hydrogen) atoms. The maximum absolute atomic E-state index is 10.8. The highest BCUT2D eigenvalue weighted by molar-refractivity contribution is 6.30. The van der Waals surface area contributed by atoms with E-state index in [0.717, 1.165) is 12.0 Å². The Hall–Kier alpha value is -2.01. The maximum atomic E-state index is 10.8. The van der Waals surface area contributed by atoms with Gasteiger partial charge in [-0.3, -0.25) is 0 Å². The topological polar surface area (TPSA) is 72.6 Å². The summed E-state index contributed by atoms with van der Waals surface area (Å²) < 4.78 is 10.4. The van der Waals surface area contributed by atoms with E-state index in [1.807, 2.05) is 6.92 Å². The number of aromatic nitrogens is 1. The Balaban J connectivity index is 2.11. The highest BCUT2D eigenvalue weighted by Gasteiger charge is 2.16. The van der Waals surface area contributed by atoms with Crippen molar-refractivity contribution in [2.45, 2.75) is 13.5 Å². The number of hydrogen-bond donors (Lipinski definition) is 1. The van der Waals surface area contributed by atoms with Gasteiger partial charge >= 0.3 is 5.97 Å². The lowest BCUT2D eigenvalue weighted by molar-refractivity contribution is 0.0686. The lowest BCUT2D eigenvalue weighted by Gasteiger charge is -2.07. The molecule has 1 N–H and O–H groups in total. The van der Waals surface area contributed by atoms with E-state index in [9.17, 15) is 4.79 Å². The summed E-state index contributed by atoms with van der Waals surface area (Å²) in [5.41, 5.74) is 0.723. The van der Waals surface area contributed by atoms with Crippen LogP contribution in [0, 0.1) is 6.92 Å². The average Bonchev–Trinajstić information content (AvgIpc) is 2.76. The fourth-order valence-electron chi connectivity index (χ4n) is 1.47. The van der Waals surface area contributed by atoms with Gasteiger partial charge in [-0.1, -0.05) is 11.6 Å². The number of carboxylic acid groups (broad SMARTS) is 1. The molecule has 0 spiro atoms. The van der Waals surface area contributed by atoms with Gasteiger partial charge in [-0.25, -0.2) is 9.78 Å². The summed E-state index contributed by atoms with van der Waals surface area (Å²) in [7, 11) is 0. The Morgan fingerprint density at radius 2 is 2.33 bits per heavy atom. The van der Waals surface area contributed by atoms with E-state index in [2.05, 4.69) is 4.98 Å². The van der Waals surface area contributed by atoms with Gasteiger partial charge in [0.05, 0.1) is 0 Å². The van der Waals surface area contributed by atoms with Crippen LogP contribution in [0.4, 0.5) is 0 Å². The number of oxazole rings is 1. The van der Waals surface area contributed by atoms with Crippen molar-refractivity contribution < 1.29 is 19.1 Å². The number of aryl methyl sites for hydroxylation is 1. The standard InChI is InChI=1S/C12H10ClNO4/c1-7-4-8(13)2-3-9(7)17-5-10-11(12(15)16)14-6-18-10/h2-4,6H,5H2,1H3,(H,15,16). The molecule has 0 amide bonds. The summed E-state index contributed by atoms with van der Waals surface area (Å²) in [6.45, 7) is 1.85. The van der Waals surface area contributed by atoms with Crippen LogP contribution in [0.3, 0.4) is 0 Å². The molecule has 2 rings (SSSR count). The van der Waals surface area contributed by atoms with Crippen molar-refractivity contribution in [3.05, 3.63) is 46.6 Å². The zero-order valence-electron chi connectivity index (χ0n) is 9.51. The van der Waals surface area contributed by atoms with Crippen LogP contribution in [0.5, 0.6) is 5.75 Å². The smallest absolute Gasteiger partial charge is 0.358 e. The molecule has 0 aliphatic rings. The first-order valence-electron chi connectivity index (χ1n) is 5.12. The Morgan fingerprint density at radius 1 is 1.56 bits per heavy atom. The lowest BCUT2D eigenvalue weighted by atomic mass is 10.2. The molecule has 0 fully saturated rings. The molecule has 0 radical (unpaired) electrons. The van der Waals surface area contributed by atoms with Gasteiger partial charge < -0.3 is 14.3 Å². The van der Waals surface area contributed by atoms with Crippen LogP contribution in [0.2, 0.25) is 5.02 Å². The first-order valence-corrected chi connectivity index (χ1v) is 5.50. The van der Waals surface area contributed by atoms with Crippen LogP contribution < -0.4 is 4.74 Å². The first-order chi connectivity index (χ1) is 8.58.